The molecule has 1 N–H and O–H groups in total. The Morgan fingerprint density at radius 3 is 3.06 bits per heavy atom. The normalized spacial score (nSPS) is 20.5. The van der Waals surface area contributed by atoms with Gasteiger partial charge in [0.25, 0.3) is 0 Å². The van der Waals surface area contributed by atoms with Gasteiger partial charge in [-0.05, 0) is 31.5 Å². The van der Waals surface area contributed by atoms with Crippen molar-refractivity contribution in [1.29, 1.82) is 5.26 Å². The van der Waals surface area contributed by atoms with E-state index in [9.17, 15) is 4.21 Å². The summed E-state index contributed by atoms with van der Waals surface area (Å²) in [5, 5.41) is 12.6. The van der Waals surface area contributed by atoms with Crippen molar-refractivity contribution in [1.82, 2.24) is 10.3 Å². The lowest BCUT2D eigenvalue weighted by molar-refractivity contribution is 0.427. The van der Waals surface area contributed by atoms with E-state index in [0.717, 1.165) is 13.0 Å². The van der Waals surface area contributed by atoms with Gasteiger partial charge in [-0.2, -0.15) is 5.26 Å². The molecule has 0 bridgehead atoms. The first-order valence-electron chi connectivity index (χ1n) is 5.77. The summed E-state index contributed by atoms with van der Waals surface area (Å²) in [4.78, 5) is 4.07. The summed E-state index contributed by atoms with van der Waals surface area (Å²) in [6, 6.07) is 5.59. The van der Waals surface area contributed by atoms with Crippen LogP contribution in [0.4, 0.5) is 0 Å². The lowest BCUT2D eigenvalue weighted by Gasteiger charge is -2.22. The maximum Gasteiger partial charge on any atom is 0.128 e. The molecule has 1 aromatic heterocycles. The number of halogens is 1. The monoisotopic (exact) mass is 285 g/mol. The van der Waals surface area contributed by atoms with Crippen LogP contribution >= 0.6 is 12.4 Å². The highest BCUT2D eigenvalue weighted by atomic mass is 35.5. The molecule has 1 aliphatic rings. The van der Waals surface area contributed by atoms with Crippen LogP contribution in [0.1, 0.15) is 24.8 Å². The summed E-state index contributed by atoms with van der Waals surface area (Å²) in [6.07, 6.45) is 5.01. The van der Waals surface area contributed by atoms with Gasteiger partial charge in [0, 0.05) is 18.0 Å². The van der Waals surface area contributed by atoms with Gasteiger partial charge in [0.15, 0.2) is 0 Å². The number of nitriles is 1. The van der Waals surface area contributed by atoms with Gasteiger partial charge < -0.3 is 5.32 Å². The Bertz CT molecular complexity index is 455. The van der Waals surface area contributed by atoms with Gasteiger partial charge in [0.1, 0.15) is 5.03 Å². The second kappa shape index (κ2) is 7.47. The maximum atomic E-state index is 12.1. The maximum absolute atomic E-state index is 12.1. The molecule has 98 valence electrons. The van der Waals surface area contributed by atoms with E-state index in [0.29, 0.717) is 22.4 Å². The molecule has 2 heterocycles. The fourth-order valence-corrected chi connectivity index (χ4v) is 3.20. The molecule has 0 radical (unpaired) electrons. The van der Waals surface area contributed by atoms with E-state index in [2.05, 4.69) is 10.3 Å². The van der Waals surface area contributed by atoms with E-state index < -0.39 is 10.8 Å². The van der Waals surface area contributed by atoms with Crippen LogP contribution in [0, 0.1) is 11.3 Å². The Morgan fingerprint density at radius 1 is 1.56 bits per heavy atom. The summed E-state index contributed by atoms with van der Waals surface area (Å²) in [6.45, 7) is 1.01. The predicted molar refractivity (Wildman–Crippen MR) is 73.1 cm³/mol. The average molecular weight is 286 g/mol. The molecule has 2 atom stereocenters. The minimum Gasteiger partial charge on any atom is -0.313 e. The number of piperidine rings is 1. The molecule has 0 spiro atoms. The number of pyridine rings is 1. The van der Waals surface area contributed by atoms with E-state index >= 15 is 0 Å². The van der Waals surface area contributed by atoms with Crippen molar-refractivity contribution in [3.8, 4) is 6.07 Å². The molecule has 0 aliphatic carbocycles. The molecule has 0 saturated carbocycles. The summed E-state index contributed by atoms with van der Waals surface area (Å²) in [7, 11) is -1.12. The first-order valence-corrected chi connectivity index (χ1v) is 7.09. The lowest BCUT2D eigenvalue weighted by Crippen LogP contribution is -2.38. The molecule has 0 amide bonds. The molecule has 2 rings (SSSR count). The third-order valence-corrected chi connectivity index (χ3v) is 4.26. The van der Waals surface area contributed by atoms with Crippen LogP contribution in [-0.2, 0) is 10.8 Å². The number of aromatic nitrogens is 1. The molecule has 18 heavy (non-hydrogen) atoms. The van der Waals surface area contributed by atoms with Crippen molar-refractivity contribution in [3.05, 3.63) is 23.9 Å². The van der Waals surface area contributed by atoms with Gasteiger partial charge in [0.05, 0.1) is 22.4 Å². The highest BCUT2D eigenvalue weighted by Gasteiger charge is 2.17. The van der Waals surface area contributed by atoms with Crippen LogP contribution in [0.15, 0.2) is 23.4 Å². The van der Waals surface area contributed by atoms with E-state index in [1.54, 1.807) is 18.3 Å². The zero-order valence-corrected chi connectivity index (χ0v) is 11.6. The lowest BCUT2D eigenvalue weighted by atomic mass is 10.1. The Hall–Kier alpha value is -0.960. The van der Waals surface area contributed by atoms with Crippen LogP contribution in [0.5, 0.6) is 0 Å². The molecule has 6 heteroatoms. The van der Waals surface area contributed by atoms with Crippen molar-refractivity contribution < 1.29 is 4.21 Å². The number of hydrogen-bond acceptors (Lipinski definition) is 4. The second-order valence-electron chi connectivity index (χ2n) is 4.15. The predicted octanol–water partition coefficient (Wildman–Crippen LogP) is 1.62. The van der Waals surface area contributed by atoms with Crippen LogP contribution < -0.4 is 5.32 Å². The molecular weight excluding hydrogens is 270 g/mol. The van der Waals surface area contributed by atoms with Crippen molar-refractivity contribution in [2.24, 2.45) is 0 Å². The average Bonchev–Trinajstić information content (AvgIpc) is 2.40. The Kier molecular flexibility index (Phi) is 6.27. The fraction of sp³-hybridized carbons (Fsp3) is 0.500. The largest absolute Gasteiger partial charge is 0.313 e. The quantitative estimate of drug-likeness (QED) is 0.917. The standard InChI is InChI=1S/C12H15N3OS.ClH/c13-8-10-4-6-15-12(7-10)17(16)9-11-3-1-2-5-14-11;/h4,6-7,11,14H,1-3,5,9H2;1H. The van der Waals surface area contributed by atoms with Gasteiger partial charge in [0.2, 0.25) is 0 Å². The van der Waals surface area contributed by atoms with Crippen molar-refractivity contribution >= 4 is 23.2 Å². The zero-order chi connectivity index (χ0) is 12.1. The number of hydrogen-bond donors (Lipinski definition) is 1. The minimum absolute atomic E-state index is 0. The molecule has 4 nitrogen and oxygen atoms in total. The van der Waals surface area contributed by atoms with Crippen molar-refractivity contribution in [3.63, 3.8) is 0 Å². The number of rotatable bonds is 3. The van der Waals surface area contributed by atoms with E-state index in [4.69, 9.17) is 5.26 Å². The second-order valence-corrected chi connectivity index (χ2v) is 5.60. The van der Waals surface area contributed by atoms with Gasteiger partial charge in [-0.1, -0.05) is 6.42 Å². The van der Waals surface area contributed by atoms with Crippen LogP contribution in [0.3, 0.4) is 0 Å². The van der Waals surface area contributed by atoms with Gasteiger partial charge in [-0.15, -0.1) is 12.4 Å². The van der Waals surface area contributed by atoms with Crippen LogP contribution in [0.2, 0.25) is 0 Å². The zero-order valence-electron chi connectivity index (χ0n) is 9.96. The summed E-state index contributed by atoms with van der Waals surface area (Å²) in [5.74, 6) is 0.585. The number of nitrogens with one attached hydrogen (secondary N) is 1. The third kappa shape index (κ3) is 4.05. The highest BCUT2D eigenvalue weighted by Crippen LogP contribution is 2.12. The van der Waals surface area contributed by atoms with Crippen molar-refractivity contribution in [2.45, 2.75) is 30.3 Å². The van der Waals surface area contributed by atoms with Gasteiger partial charge >= 0.3 is 0 Å². The Morgan fingerprint density at radius 2 is 2.39 bits per heavy atom. The molecule has 0 aromatic carbocycles. The summed E-state index contributed by atoms with van der Waals surface area (Å²) < 4.78 is 12.1. The Balaban J connectivity index is 0.00000162. The molecule has 1 saturated heterocycles. The molecule has 1 fully saturated rings. The smallest absolute Gasteiger partial charge is 0.128 e. The third-order valence-electron chi connectivity index (χ3n) is 2.86. The van der Waals surface area contributed by atoms with Crippen LogP contribution in [0.25, 0.3) is 0 Å². The minimum atomic E-state index is -1.12. The SMILES string of the molecule is Cl.N#Cc1ccnc(S(=O)CC2CCCCN2)c1. The summed E-state index contributed by atoms with van der Waals surface area (Å²) >= 11 is 0. The van der Waals surface area contributed by atoms with Gasteiger partial charge in [-0.3, -0.25) is 4.21 Å². The van der Waals surface area contributed by atoms with Crippen LogP contribution in [-0.4, -0.2) is 27.5 Å². The molecule has 1 aromatic rings. The summed E-state index contributed by atoms with van der Waals surface area (Å²) in [5.41, 5.74) is 0.514. The topological polar surface area (TPSA) is 65.8 Å². The van der Waals surface area contributed by atoms with E-state index in [-0.39, 0.29) is 12.4 Å². The number of nitrogens with zero attached hydrogens (tertiary/aromatic N) is 2. The Labute approximate surface area is 116 Å². The fourth-order valence-electron chi connectivity index (χ4n) is 1.94. The molecular formula is C12H16ClN3OS. The van der Waals surface area contributed by atoms with E-state index in [1.165, 1.54) is 12.8 Å². The van der Waals surface area contributed by atoms with Crippen molar-refractivity contribution in [2.75, 3.05) is 12.3 Å². The first kappa shape index (κ1) is 15.1. The highest BCUT2D eigenvalue weighted by molar-refractivity contribution is 7.85. The first-order chi connectivity index (χ1) is 8.29. The van der Waals surface area contributed by atoms with Gasteiger partial charge in [-0.25, -0.2) is 4.98 Å². The molecule has 2 unspecified atom stereocenters. The molecule has 1 aliphatic heterocycles. The van der Waals surface area contributed by atoms with E-state index in [1.807, 2.05) is 6.07 Å².